The van der Waals surface area contributed by atoms with Gasteiger partial charge in [-0.1, -0.05) is 64.7 Å². The van der Waals surface area contributed by atoms with Crippen molar-refractivity contribution in [1.29, 1.82) is 0 Å². The van der Waals surface area contributed by atoms with Crippen LogP contribution in [0.15, 0.2) is 0 Å². The molecule has 1 fully saturated rings. The summed E-state index contributed by atoms with van der Waals surface area (Å²) in [7, 11) is 1.77. The maximum atomic E-state index is 10.3. The third kappa shape index (κ3) is 6.76. The number of hydrogen-bond donors (Lipinski definition) is 1. The van der Waals surface area contributed by atoms with Crippen LogP contribution in [0.3, 0.4) is 0 Å². The van der Waals surface area contributed by atoms with Crippen LogP contribution < -0.4 is 0 Å². The zero-order valence-corrected chi connectivity index (χ0v) is 13.1. The minimum Gasteiger partial charge on any atom is -0.390 e. The van der Waals surface area contributed by atoms with Crippen LogP contribution in [0.2, 0.25) is 0 Å². The largest absolute Gasteiger partial charge is 0.390 e. The molecular weight excluding hydrogens is 236 g/mol. The zero-order chi connectivity index (χ0) is 13.9. The Morgan fingerprint density at radius 1 is 1.00 bits per heavy atom. The van der Waals surface area contributed by atoms with Crippen molar-refractivity contribution < 1.29 is 9.84 Å². The van der Waals surface area contributed by atoms with Crippen molar-refractivity contribution in [3.05, 3.63) is 0 Å². The van der Waals surface area contributed by atoms with Crippen LogP contribution in [0.5, 0.6) is 0 Å². The highest BCUT2D eigenvalue weighted by atomic mass is 16.5. The quantitative estimate of drug-likeness (QED) is 0.583. The highest BCUT2D eigenvalue weighted by Gasteiger charge is 2.28. The summed E-state index contributed by atoms with van der Waals surface area (Å²) in [5.41, 5.74) is 0. The number of rotatable bonds is 10. The van der Waals surface area contributed by atoms with Gasteiger partial charge in [-0.25, -0.2) is 0 Å². The molecule has 2 nitrogen and oxygen atoms in total. The lowest BCUT2D eigenvalue weighted by molar-refractivity contribution is -0.0577. The van der Waals surface area contributed by atoms with Crippen LogP contribution in [-0.4, -0.2) is 24.4 Å². The van der Waals surface area contributed by atoms with Crippen LogP contribution in [0, 0.1) is 5.92 Å². The summed E-state index contributed by atoms with van der Waals surface area (Å²) < 4.78 is 5.60. The molecule has 1 aliphatic carbocycles. The highest BCUT2D eigenvalue weighted by Crippen LogP contribution is 2.30. The van der Waals surface area contributed by atoms with Crippen LogP contribution >= 0.6 is 0 Å². The van der Waals surface area contributed by atoms with E-state index >= 15 is 0 Å². The van der Waals surface area contributed by atoms with Crippen LogP contribution in [-0.2, 0) is 4.74 Å². The van der Waals surface area contributed by atoms with Crippen molar-refractivity contribution in [3.63, 3.8) is 0 Å². The maximum absolute atomic E-state index is 10.3. The molecule has 0 heterocycles. The predicted octanol–water partition coefficient (Wildman–Crippen LogP) is 4.69. The van der Waals surface area contributed by atoms with Gasteiger partial charge in [0, 0.05) is 7.11 Å². The minimum absolute atomic E-state index is 0.0796. The second-order valence-corrected chi connectivity index (χ2v) is 6.22. The first kappa shape index (κ1) is 17.0. The lowest BCUT2D eigenvalue weighted by atomic mass is 9.82. The maximum Gasteiger partial charge on any atom is 0.0858 e. The molecule has 0 aromatic heterocycles. The molecule has 0 aromatic rings. The molecule has 1 saturated carbocycles. The smallest absolute Gasteiger partial charge is 0.0858 e. The number of hydrogen-bond acceptors (Lipinski definition) is 2. The van der Waals surface area contributed by atoms with Crippen LogP contribution in [0.25, 0.3) is 0 Å². The highest BCUT2D eigenvalue weighted by molar-refractivity contribution is 4.80. The van der Waals surface area contributed by atoms with Gasteiger partial charge in [0.05, 0.1) is 12.2 Å². The molecule has 1 N–H and O–H groups in total. The fourth-order valence-electron chi connectivity index (χ4n) is 3.42. The van der Waals surface area contributed by atoms with E-state index in [1.54, 1.807) is 7.11 Å². The van der Waals surface area contributed by atoms with E-state index < -0.39 is 0 Å². The van der Waals surface area contributed by atoms with Gasteiger partial charge in [0.1, 0.15) is 0 Å². The molecule has 0 radical (unpaired) electrons. The summed E-state index contributed by atoms with van der Waals surface area (Å²) in [6.45, 7) is 2.25. The van der Waals surface area contributed by atoms with Gasteiger partial charge >= 0.3 is 0 Å². The Hall–Kier alpha value is -0.0800. The molecular formula is C17H34O2. The third-order valence-corrected chi connectivity index (χ3v) is 4.62. The van der Waals surface area contributed by atoms with Crippen molar-refractivity contribution in [3.8, 4) is 0 Å². The summed E-state index contributed by atoms with van der Waals surface area (Å²) in [5, 5.41) is 10.3. The minimum atomic E-state index is -0.251. The molecule has 114 valence electrons. The molecule has 1 rings (SSSR count). The fourth-order valence-corrected chi connectivity index (χ4v) is 3.42. The molecule has 1 aliphatic rings. The second kappa shape index (κ2) is 10.7. The fraction of sp³-hybridized carbons (Fsp3) is 1.00. The Balaban J connectivity index is 2.15. The molecule has 0 saturated heterocycles. The van der Waals surface area contributed by atoms with Crippen molar-refractivity contribution in [2.45, 2.75) is 96.2 Å². The lowest BCUT2D eigenvalue weighted by Gasteiger charge is -2.32. The van der Waals surface area contributed by atoms with Gasteiger partial charge in [0.2, 0.25) is 0 Å². The van der Waals surface area contributed by atoms with Gasteiger partial charge in [-0.15, -0.1) is 0 Å². The summed E-state index contributed by atoms with van der Waals surface area (Å²) in [6, 6.07) is 0. The standard InChI is InChI=1S/C17H34O2/c1-3-4-5-6-7-11-14-16(18)17(19-2)15-12-9-8-10-13-15/h15-18H,3-14H2,1-2H3. The van der Waals surface area contributed by atoms with E-state index in [0.717, 1.165) is 12.8 Å². The summed E-state index contributed by atoms with van der Waals surface area (Å²) in [4.78, 5) is 0. The average Bonchev–Trinajstić information content (AvgIpc) is 2.45. The third-order valence-electron chi connectivity index (χ3n) is 4.62. The van der Waals surface area contributed by atoms with Crippen molar-refractivity contribution in [2.75, 3.05) is 7.11 Å². The number of aliphatic hydroxyl groups excluding tert-OH is 1. The van der Waals surface area contributed by atoms with Crippen LogP contribution in [0.4, 0.5) is 0 Å². The Labute approximate surface area is 119 Å². The van der Waals surface area contributed by atoms with Gasteiger partial charge < -0.3 is 9.84 Å². The summed E-state index contributed by atoms with van der Waals surface area (Å²) in [6.07, 6.45) is 15.0. The first-order valence-corrected chi connectivity index (χ1v) is 8.50. The van der Waals surface area contributed by atoms with E-state index in [2.05, 4.69) is 6.92 Å². The molecule has 0 amide bonds. The monoisotopic (exact) mass is 270 g/mol. The van der Waals surface area contributed by atoms with Gasteiger partial charge in [-0.2, -0.15) is 0 Å². The molecule has 0 aliphatic heterocycles. The Bertz CT molecular complexity index is 199. The van der Waals surface area contributed by atoms with Crippen molar-refractivity contribution in [1.82, 2.24) is 0 Å². The van der Waals surface area contributed by atoms with Gasteiger partial charge in [-0.05, 0) is 25.2 Å². The molecule has 2 unspecified atom stereocenters. The Morgan fingerprint density at radius 2 is 1.63 bits per heavy atom. The SMILES string of the molecule is CCCCCCCCC(O)C(OC)C1CCCCC1. The van der Waals surface area contributed by atoms with Crippen LogP contribution in [0.1, 0.15) is 84.0 Å². The first-order chi connectivity index (χ1) is 9.29. The lowest BCUT2D eigenvalue weighted by Crippen LogP contribution is -2.36. The van der Waals surface area contributed by atoms with Crippen molar-refractivity contribution >= 4 is 0 Å². The normalized spacial score (nSPS) is 20.4. The Morgan fingerprint density at radius 3 is 2.26 bits per heavy atom. The van der Waals surface area contributed by atoms with E-state index in [1.807, 2.05) is 0 Å². The molecule has 2 heteroatoms. The van der Waals surface area contributed by atoms with E-state index in [-0.39, 0.29) is 12.2 Å². The number of unbranched alkanes of at least 4 members (excludes halogenated alkanes) is 5. The number of methoxy groups -OCH3 is 1. The van der Waals surface area contributed by atoms with Gasteiger partial charge in [0.25, 0.3) is 0 Å². The second-order valence-electron chi connectivity index (χ2n) is 6.22. The first-order valence-electron chi connectivity index (χ1n) is 8.50. The molecule has 19 heavy (non-hydrogen) atoms. The van der Waals surface area contributed by atoms with E-state index in [1.165, 1.54) is 64.2 Å². The summed E-state index contributed by atoms with van der Waals surface area (Å²) in [5.74, 6) is 0.592. The van der Waals surface area contributed by atoms with Gasteiger partial charge in [0.15, 0.2) is 0 Å². The Kier molecular flexibility index (Phi) is 9.54. The molecule has 0 bridgehead atoms. The zero-order valence-electron chi connectivity index (χ0n) is 13.1. The topological polar surface area (TPSA) is 29.5 Å². The predicted molar refractivity (Wildman–Crippen MR) is 81.4 cm³/mol. The number of ether oxygens (including phenoxy) is 1. The molecule has 0 spiro atoms. The van der Waals surface area contributed by atoms with Crippen molar-refractivity contribution in [2.24, 2.45) is 5.92 Å². The average molecular weight is 270 g/mol. The van der Waals surface area contributed by atoms with Gasteiger partial charge in [-0.3, -0.25) is 0 Å². The molecule has 0 aromatic carbocycles. The molecule has 2 atom stereocenters. The van der Waals surface area contributed by atoms with E-state index in [9.17, 15) is 5.11 Å². The summed E-state index contributed by atoms with van der Waals surface area (Å²) >= 11 is 0. The van der Waals surface area contributed by atoms with E-state index in [0.29, 0.717) is 5.92 Å². The van der Waals surface area contributed by atoms with E-state index in [4.69, 9.17) is 4.74 Å². The number of aliphatic hydroxyl groups is 1.